The predicted molar refractivity (Wildman–Crippen MR) is 114 cm³/mol. The molecule has 1 fully saturated rings. The maximum Gasteiger partial charge on any atom is 0.409 e. The van der Waals surface area contributed by atoms with Crippen molar-refractivity contribution in [2.45, 2.75) is 31.7 Å². The topological polar surface area (TPSA) is 48.6 Å². The number of aromatic nitrogens is 1. The number of halogens is 1. The van der Waals surface area contributed by atoms with Crippen LogP contribution in [0.25, 0.3) is 16.5 Å². The molecule has 1 unspecified atom stereocenters. The normalized spacial score (nSPS) is 24.8. The molecule has 0 spiro atoms. The average molecular weight is 444 g/mol. The summed E-state index contributed by atoms with van der Waals surface area (Å²) >= 11 is 3.71. The summed E-state index contributed by atoms with van der Waals surface area (Å²) in [5.41, 5.74) is 5.23. The Morgan fingerprint density at radius 2 is 2.11 bits per heavy atom. The summed E-state index contributed by atoms with van der Waals surface area (Å²) in [6.07, 6.45) is 6.60. The first kappa shape index (κ1) is 18.3. The lowest BCUT2D eigenvalue weighted by Crippen LogP contribution is -2.44. The van der Waals surface area contributed by atoms with Gasteiger partial charge in [-0.1, -0.05) is 18.2 Å². The summed E-state index contributed by atoms with van der Waals surface area (Å²) in [6, 6.07) is 6.85. The number of ether oxygens (including phenoxy) is 1. The van der Waals surface area contributed by atoms with Crippen LogP contribution in [-0.4, -0.2) is 60.2 Å². The number of hydrogen-bond donors (Lipinski definition) is 1. The molecule has 28 heavy (non-hydrogen) atoms. The van der Waals surface area contributed by atoms with Gasteiger partial charge in [0.25, 0.3) is 0 Å². The van der Waals surface area contributed by atoms with Gasteiger partial charge in [0.05, 0.1) is 4.60 Å². The second-order valence-corrected chi connectivity index (χ2v) is 9.10. The number of hydrogen-bond acceptors (Lipinski definition) is 3. The molecular formula is C22H26BrN3O2. The van der Waals surface area contributed by atoms with Crippen LogP contribution < -0.4 is 0 Å². The number of nitrogens with one attached hydrogen (secondary N) is 1. The number of aromatic amines is 1. The van der Waals surface area contributed by atoms with Crippen LogP contribution in [0.3, 0.4) is 0 Å². The lowest BCUT2D eigenvalue weighted by Gasteiger charge is -2.40. The number of carbonyl (C=O) groups excluding carboxylic acids is 1. The fourth-order valence-electron chi connectivity index (χ4n) is 5.04. The highest BCUT2D eigenvalue weighted by molar-refractivity contribution is 9.10. The predicted octanol–water partition coefficient (Wildman–Crippen LogP) is 4.42. The summed E-state index contributed by atoms with van der Waals surface area (Å²) in [5.74, 6) is 0.226. The first-order valence-corrected chi connectivity index (χ1v) is 11.0. The Bertz CT molecular complexity index is 945. The molecule has 2 atom stereocenters. The van der Waals surface area contributed by atoms with Gasteiger partial charge in [0.1, 0.15) is 6.61 Å². The minimum atomic E-state index is -0.148. The zero-order valence-corrected chi connectivity index (χ0v) is 17.8. The van der Waals surface area contributed by atoms with E-state index in [0.29, 0.717) is 12.6 Å². The van der Waals surface area contributed by atoms with Gasteiger partial charge in [0, 0.05) is 42.5 Å². The number of nitrogens with zero attached hydrogens (tertiary/aromatic N) is 2. The van der Waals surface area contributed by atoms with Crippen LogP contribution in [0.5, 0.6) is 0 Å². The van der Waals surface area contributed by atoms with Crippen LogP contribution in [0.4, 0.5) is 4.79 Å². The summed E-state index contributed by atoms with van der Waals surface area (Å²) in [5, 5.41) is 1.33. The number of likely N-dealkylation sites (N-methyl/N-ethyl adjacent to an activating group) is 1. The van der Waals surface area contributed by atoms with Crippen LogP contribution in [0.15, 0.2) is 28.9 Å². The molecule has 0 saturated carbocycles. The van der Waals surface area contributed by atoms with Crippen molar-refractivity contribution in [3.63, 3.8) is 0 Å². The van der Waals surface area contributed by atoms with E-state index in [1.165, 1.54) is 34.0 Å². The molecule has 5 nitrogen and oxygen atoms in total. The third kappa shape index (κ3) is 3.07. The largest absolute Gasteiger partial charge is 0.449 e. The third-order valence-electron chi connectivity index (χ3n) is 6.45. The van der Waals surface area contributed by atoms with Crippen LogP contribution in [-0.2, 0) is 11.2 Å². The number of H-pyrrole nitrogens is 1. The van der Waals surface area contributed by atoms with Crippen molar-refractivity contribution in [1.82, 2.24) is 14.8 Å². The Morgan fingerprint density at radius 1 is 1.29 bits per heavy atom. The van der Waals surface area contributed by atoms with Crippen molar-refractivity contribution in [2.24, 2.45) is 5.92 Å². The quantitative estimate of drug-likeness (QED) is 0.746. The molecule has 1 aromatic carbocycles. The zero-order valence-electron chi connectivity index (χ0n) is 16.2. The summed E-state index contributed by atoms with van der Waals surface area (Å²) in [7, 11) is 2.18. The van der Waals surface area contributed by atoms with Gasteiger partial charge in [-0.25, -0.2) is 4.79 Å². The van der Waals surface area contributed by atoms with E-state index >= 15 is 0 Å². The van der Waals surface area contributed by atoms with E-state index in [2.05, 4.69) is 57.1 Å². The molecule has 1 aromatic heterocycles. The molecule has 1 N–H and O–H groups in total. The molecule has 2 aliphatic heterocycles. The first-order valence-electron chi connectivity index (χ1n) is 10.2. The van der Waals surface area contributed by atoms with E-state index in [4.69, 9.17) is 4.74 Å². The molecule has 1 aliphatic carbocycles. The molecule has 0 radical (unpaired) electrons. The van der Waals surface area contributed by atoms with Crippen LogP contribution in [0.1, 0.15) is 30.4 Å². The average Bonchev–Trinajstić information content (AvgIpc) is 3.04. The monoisotopic (exact) mass is 443 g/mol. The van der Waals surface area contributed by atoms with Gasteiger partial charge in [-0.2, -0.15) is 0 Å². The molecule has 1 saturated heterocycles. The van der Waals surface area contributed by atoms with Crippen LogP contribution in [0, 0.1) is 5.92 Å². The van der Waals surface area contributed by atoms with Crippen molar-refractivity contribution >= 4 is 38.5 Å². The van der Waals surface area contributed by atoms with Crippen molar-refractivity contribution in [3.8, 4) is 0 Å². The number of carbonyl (C=O) groups is 1. The number of benzene rings is 1. The van der Waals surface area contributed by atoms with E-state index in [1.54, 1.807) is 0 Å². The SMILES string of the molecule is CN1CC(COC(=O)N2CCCCC2)C=C2c3cccc4[nH]c(Br)c(c34)C[C@H]21. The molecule has 5 rings (SSSR count). The van der Waals surface area contributed by atoms with Gasteiger partial charge in [0.2, 0.25) is 0 Å². The Labute approximate surface area is 173 Å². The van der Waals surface area contributed by atoms with Gasteiger partial charge in [-0.15, -0.1) is 0 Å². The highest BCUT2D eigenvalue weighted by Gasteiger charge is 2.35. The maximum atomic E-state index is 12.4. The Hall–Kier alpha value is -1.79. The van der Waals surface area contributed by atoms with Gasteiger partial charge in [-0.05, 0) is 71.4 Å². The fourth-order valence-corrected chi connectivity index (χ4v) is 5.62. The Kier molecular flexibility index (Phi) is 4.71. The highest BCUT2D eigenvalue weighted by atomic mass is 79.9. The first-order chi connectivity index (χ1) is 13.6. The van der Waals surface area contributed by atoms with E-state index in [1.807, 2.05) is 4.90 Å². The Morgan fingerprint density at radius 3 is 2.93 bits per heavy atom. The minimum absolute atomic E-state index is 0.148. The summed E-state index contributed by atoms with van der Waals surface area (Å²) in [4.78, 5) is 20.1. The van der Waals surface area contributed by atoms with Crippen LogP contribution >= 0.6 is 15.9 Å². The summed E-state index contributed by atoms with van der Waals surface area (Å²) < 4.78 is 6.80. The number of amides is 1. The number of fused-ring (bicyclic) bond motifs is 2. The lowest BCUT2D eigenvalue weighted by molar-refractivity contribution is 0.0794. The third-order valence-corrected chi connectivity index (χ3v) is 7.12. The molecule has 0 bridgehead atoms. The second-order valence-electron chi connectivity index (χ2n) is 8.31. The molecule has 1 amide bonds. The van der Waals surface area contributed by atoms with Crippen molar-refractivity contribution in [2.75, 3.05) is 33.3 Å². The van der Waals surface area contributed by atoms with E-state index < -0.39 is 0 Å². The minimum Gasteiger partial charge on any atom is -0.449 e. The zero-order chi connectivity index (χ0) is 19.3. The van der Waals surface area contributed by atoms with Crippen molar-refractivity contribution in [3.05, 3.63) is 40.0 Å². The van der Waals surface area contributed by atoms with Gasteiger partial charge < -0.3 is 14.6 Å². The Balaban J connectivity index is 1.39. The molecule has 3 aliphatic rings. The summed E-state index contributed by atoms with van der Waals surface area (Å²) in [6.45, 7) is 3.03. The van der Waals surface area contributed by atoms with Crippen LogP contribution in [0.2, 0.25) is 0 Å². The number of rotatable bonds is 2. The number of piperidine rings is 1. The highest BCUT2D eigenvalue weighted by Crippen LogP contribution is 2.43. The molecular weight excluding hydrogens is 418 g/mol. The van der Waals surface area contributed by atoms with E-state index in [9.17, 15) is 4.79 Å². The molecule has 148 valence electrons. The molecule has 6 heteroatoms. The fraction of sp³-hybridized carbons (Fsp3) is 0.500. The van der Waals surface area contributed by atoms with Crippen molar-refractivity contribution < 1.29 is 9.53 Å². The van der Waals surface area contributed by atoms with Crippen molar-refractivity contribution in [1.29, 1.82) is 0 Å². The molecule has 2 aromatic rings. The van der Waals surface area contributed by atoms with Gasteiger partial charge in [-0.3, -0.25) is 4.90 Å². The van der Waals surface area contributed by atoms with E-state index in [-0.39, 0.29) is 12.0 Å². The number of likely N-dealkylation sites (tertiary alicyclic amines) is 1. The lowest BCUT2D eigenvalue weighted by atomic mass is 9.80. The van der Waals surface area contributed by atoms with Gasteiger partial charge >= 0.3 is 6.09 Å². The standard InChI is InChI=1S/C22H26BrN3O2/c1-25-12-14(13-28-22(27)26-8-3-2-4-9-26)10-16-15-6-5-7-18-20(15)17(11-19(16)25)21(23)24-18/h5-7,10,14,19,24H,2-4,8-9,11-13H2,1H3/t14?,19-/m1/s1. The van der Waals surface area contributed by atoms with E-state index in [0.717, 1.165) is 43.5 Å². The molecule has 3 heterocycles. The van der Waals surface area contributed by atoms with Gasteiger partial charge in [0.15, 0.2) is 0 Å². The second kappa shape index (κ2) is 7.23. The maximum absolute atomic E-state index is 12.4. The smallest absolute Gasteiger partial charge is 0.409 e.